The molecule has 0 spiro atoms. The molecule has 4 aromatic rings. The summed E-state index contributed by atoms with van der Waals surface area (Å²) in [6, 6.07) is 26.7. The van der Waals surface area contributed by atoms with E-state index in [1.54, 1.807) is 0 Å². The van der Waals surface area contributed by atoms with Gasteiger partial charge in [-0.05, 0) is 30.2 Å². The van der Waals surface area contributed by atoms with Crippen LogP contribution in [0.4, 0.5) is 4.79 Å². The van der Waals surface area contributed by atoms with Gasteiger partial charge in [-0.2, -0.15) is 0 Å². The summed E-state index contributed by atoms with van der Waals surface area (Å²) in [4.78, 5) is 25.3. The number of aromatic nitrogens is 1. The van der Waals surface area contributed by atoms with Crippen molar-refractivity contribution in [1.29, 1.82) is 0 Å². The first-order valence-electron chi connectivity index (χ1n) is 10.9. The molecule has 1 fully saturated rings. The van der Waals surface area contributed by atoms with Crippen molar-refractivity contribution in [2.45, 2.75) is 19.6 Å². The highest BCUT2D eigenvalue weighted by atomic mass is 32.2. The normalized spacial score (nSPS) is 14.9. The van der Waals surface area contributed by atoms with Crippen molar-refractivity contribution in [3.05, 3.63) is 84.4 Å². The van der Waals surface area contributed by atoms with Crippen LogP contribution in [0.3, 0.4) is 0 Å². The number of carbonyl (C=O) groups excluding carboxylic acids is 2. The number of amides is 2. The lowest BCUT2D eigenvalue weighted by Crippen LogP contribution is -2.37. The number of rotatable bonds is 6. The first-order valence-corrected chi connectivity index (χ1v) is 11.9. The van der Waals surface area contributed by atoms with Crippen LogP contribution in [0.25, 0.3) is 33.3 Å². The van der Waals surface area contributed by atoms with Crippen molar-refractivity contribution in [3.8, 4) is 22.4 Å². The summed E-state index contributed by atoms with van der Waals surface area (Å²) in [5, 5.41) is 11.8. The molecule has 1 N–H and O–H groups in total. The Kier molecular flexibility index (Phi) is 5.79. The molecule has 1 saturated heterocycles. The van der Waals surface area contributed by atoms with Gasteiger partial charge in [0.2, 0.25) is 5.91 Å². The Morgan fingerprint density at radius 3 is 2.21 bits per heavy atom. The number of nitrogens with zero attached hydrogens (tertiary/aromatic N) is 2. The van der Waals surface area contributed by atoms with Crippen molar-refractivity contribution in [3.63, 3.8) is 0 Å². The number of thioether (sulfide) groups is 1. The van der Waals surface area contributed by atoms with Gasteiger partial charge in [-0.25, -0.2) is 0 Å². The molecule has 1 aliphatic rings. The number of aliphatic hydroxyl groups excluding tert-OH is 1. The quantitative estimate of drug-likeness (QED) is 0.425. The van der Waals surface area contributed by atoms with Crippen LogP contribution in [0.1, 0.15) is 5.56 Å². The van der Waals surface area contributed by atoms with Crippen LogP contribution in [0.15, 0.2) is 78.9 Å². The molecule has 0 aliphatic carbocycles. The Bertz CT molecular complexity index is 1320. The smallest absolute Gasteiger partial charge is 0.288 e. The fourth-order valence-corrected chi connectivity index (χ4v) is 5.22. The maximum atomic E-state index is 12.1. The van der Waals surface area contributed by atoms with E-state index in [1.165, 1.54) is 0 Å². The van der Waals surface area contributed by atoms with Gasteiger partial charge in [-0.15, -0.1) is 0 Å². The fourth-order valence-electron chi connectivity index (χ4n) is 4.49. The van der Waals surface area contributed by atoms with E-state index in [-0.39, 0.29) is 30.0 Å². The fraction of sp³-hybridized carbons (Fsp3) is 0.185. The van der Waals surface area contributed by atoms with Gasteiger partial charge in [-0.1, -0.05) is 84.1 Å². The average molecular weight is 457 g/mol. The highest BCUT2D eigenvalue weighted by Crippen LogP contribution is 2.41. The van der Waals surface area contributed by atoms with E-state index in [1.807, 2.05) is 36.4 Å². The van der Waals surface area contributed by atoms with Gasteiger partial charge in [0.15, 0.2) is 0 Å². The zero-order valence-corrected chi connectivity index (χ0v) is 19.1. The monoisotopic (exact) mass is 456 g/mol. The second-order valence-electron chi connectivity index (χ2n) is 8.30. The molecule has 1 aliphatic heterocycles. The minimum Gasteiger partial charge on any atom is -0.389 e. The van der Waals surface area contributed by atoms with Crippen molar-refractivity contribution >= 4 is 33.8 Å². The maximum absolute atomic E-state index is 12.1. The topological polar surface area (TPSA) is 62.5 Å². The highest BCUT2D eigenvalue weighted by Gasteiger charge is 2.32. The molecule has 33 heavy (non-hydrogen) atoms. The number of hydrogen-bond acceptors (Lipinski definition) is 4. The molecule has 1 aromatic heterocycles. The second kappa shape index (κ2) is 8.89. The number of carbonyl (C=O) groups is 2. The third kappa shape index (κ3) is 4.08. The molecular formula is C27H24N2O3S. The summed E-state index contributed by atoms with van der Waals surface area (Å²) in [5.74, 6) is -0.102. The van der Waals surface area contributed by atoms with Crippen molar-refractivity contribution in [2.75, 3.05) is 12.3 Å². The van der Waals surface area contributed by atoms with Gasteiger partial charge in [-0.3, -0.25) is 14.5 Å². The predicted molar refractivity (Wildman–Crippen MR) is 133 cm³/mol. The molecule has 5 rings (SSSR count). The lowest BCUT2D eigenvalue weighted by atomic mass is 9.98. The Hall–Kier alpha value is -3.35. The molecule has 0 saturated carbocycles. The van der Waals surface area contributed by atoms with E-state index in [0.29, 0.717) is 0 Å². The van der Waals surface area contributed by atoms with E-state index in [4.69, 9.17) is 0 Å². The number of benzene rings is 3. The number of aryl methyl sites for hydroxylation is 1. The Labute approximate surface area is 196 Å². The molecule has 0 radical (unpaired) electrons. The van der Waals surface area contributed by atoms with Crippen LogP contribution in [-0.2, 0) is 11.3 Å². The van der Waals surface area contributed by atoms with Gasteiger partial charge >= 0.3 is 0 Å². The molecule has 3 aromatic carbocycles. The van der Waals surface area contributed by atoms with Gasteiger partial charge in [0.25, 0.3) is 5.24 Å². The van der Waals surface area contributed by atoms with Crippen LogP contribution >= 0.6 is 11.8 Å². The Balaban J connectivity index is 1.68. The highest BCUT2D eigenvalue weighted by molar-refractivity contribution is 8.14. The second-order valence-corrected chi connectivity index (χ2v) is 9.23. The van der Waals surface area contributed by atoms with Crippen LogP contribution in [0, 0.1) is 6.92 Å². The number of fused-ring (bicyclic) bond motifs is 1. The summed E-state index contributed by atoms with van der Waals surface area (Å²) in [5.41, 5.74) is 6.42. The van der Waals surface area contributed by atoms with Gasteiger partial charge < -0.3 is 9.67 Å². The molecule has 2 heterocycles. The summed E-state index contributed by atoms with van der Waals surface area (Å²) in [6.07, 6.45) is -0.889. The van der Waals surface area contributed by atoms with E-state index in [9.17, 15) is 14.7 Å². The zero-order chi connectivity index (χ0) is 22.9. The summed E-state index contributed by atoms with van der Waals surface area (Å²) in [7, 11) is 0. The third-order valence-electron chi connectivity index (χ3n) is 5.96. The molecule has 166 valence electrons. The van der Waals surface area contributed by atoms with Gasteiger partial charge in [0.05, 0.1) is 30.6 Å². The van der Waals surface area contributed by atoms with E-state index < -0.39 is 6.10 Å². The van der Waals surface area contributed by atoms with Gasteiger partial charge in [0, 0.05) is 16.5 Å². The van der Waals surface area contributed by atoms with Crippen molar-refractivity contribution < 1.29 is 14.7 Å². The summed E-state index contributed by atoms with van der Waals surface area (Å²) in [6.45, 7) is 2.33. The SMILES string of the molecule is Cc1ccc2c(c1)c(-c1ccccc1)c(-c1ccccc1)n2C[C@@H](O)CN1C(=O)CSC1=O. The lowest BCUT2D eigenvalue weighted by molar-refractivity contribution is -0.125. The minimum atomic E-state index is -0.889. The first kappa shape index (κ1) is 21.5. The van der Waals surface area contributed by atoms with E-state index in [0.717, 1.165) is 55.5 Å². The number of aliphatic hydroxyl groups is 1. The van der Waals surface area contributed by atoms with Crippen molar-refractivity contribution in [1.82, 2.24) is 9.47 Å². The molecule has 6 heteroatoms. The number of hydrogen-bond donors (Lipinski definition) is 1. The Morgan fingerprint density at radius 1 is 0.909 bits per heavy atom. The average Bonchev–Trinajstić information content (AvgIpc) is 3.31. The van der Waals surface area contributed by atoms with Crippen LogP contribution in [0.2, 0.25) is 0 Å². The third-order valence-corrected chi connectivity index (χ3v) is 6.81. The zero-order valence-electron chi connectivity index (χ0n) is 18.3. The van der Waals surface area contributed by atoms with Crippen LogP contribution in [-0.4, -0.2) is 44.1 Å². The largest absolute Gasteiger partial charge is 0.389 e. The molecule has 5 nitrogen and oxygen atoms in total. The maximum Gasteiger partial charge on any atom is 0.288 e. The predicted octanol–water partition coefficient (Wildman–Crippen LogP) is 5.34. The Morgan fingerprint density at radius 2 is 1.58 bits per heavy atom. The molecule has 0 unspecified atom stereocenters. The minimum absolute atomic E-state index is 0.00883. The molecule has 2 amide bonds. The number of β-amino-alcohol motifs (C(OH)–C–C–N with tert-alkyl or cyclic N) is 1. The summed E-state index contributed by atoms with van der Waals surface area (Å²) < 4.78 is 2.12. The molecule has 1 atom stereocenters. The summed E-state index contributed by atoms with van der Waals surface area (Å²) >= 11 is 0.987. The number of imide groups is 1. The standard InChI is InChI=1S/C27H24N2O3S/c1-18-12-13-23-22(14-18)25(19-8-4-2-5-9-19)26(20-10-6-3-7-11-20)28(23)15-21(30)16-29-24(31)17-33-27(29)32/h2-14,21,30H,15-17H2,1H3/t21-/m1/s1. The van der Waals surface area contributed by atoms with E-state index in [2.05, 4.69) is 54.0 Å². The van der Waals surface area contributed by atoms with Crippen LogP contribution < -0.4 is 0 Å². The lowest BCUT2D eigenvalue weighted by Gasteiger charge is -2.20. The van der Waals surface area contributed by atoms with Crippen molar-refractivity contribution in [2.24, 2.45) is 0 Å². The molecular weight excluding hydrogens is 432 g/mol. The first-order chi connectivity index (χ1) is 16.0. The van der Waals surface area contributed by atoms with Crippen LogP contribution in [0.5, 0.6) is 0 Å². The van der Waals surface area contributed by atoms with Gasteiger partial charge in [0.1, 0.15) is 0 Å². The van der Waals surface area contributed by atoms with E-state index >= 15 is 0 Å². The molecule has 0 bridgehead atoms.